The van der Waals surface area contributed by atoms with Gasteiger partial charge in [-0.3, -0.25) is 14.9 Å². The molecule has 3 aliphatic heterocycles. The molecule has 3 aliphatic rings. The number of nitrogens with one attached hydrogen (secondary N) is 1. The van der Waals surface area contributed by atoms with Gasteiger partial charge in [-0.05, 0) is 44.9 Å². The summed E-state index contributed by atoms with van der Waals surface area (Å²) >= 11 is 6.72. The molecule has 8 atom stereocenters. The maximum absolute atomic E-state index is 14.0. The number of methoxy groups -OCH3 is 2. The summed E-state index contributed by atoms with van der Waals surface area (Å²) in [6.45, 7) is 8.68. The molecule has 14 heteroatoms. The van der Waals surface area contributed by atoms with Gasteiger partial charge in [-0.25, -0.2) is 9.59 Å². The molecule has 2 fully saturated rings. The minimum Gasteiger partial charge on any atom is -0.495 e. The zero-order valence-electron chi connectivity index (χ0n) is 29.6. The summed E-state index contributed by atoms with van der Waals surface area (Å²) in [5.41, 5.74) is -0.870. The molecule has 4 rings (SSSR count). The number of carbonyl (C=O) groups excluding carboxylic acids is 4. The lowest BCUT2D eigenvalue weighted by atomic mass is 9.83. The van der Waals surface area contributed by atoms with Crippen molar-refractivity contribution < 1.29 is 48.0 Å². The topological polar surface area (TPSA) is 156 Å². The highest BCUT2D eigenvalue weighted by Crippen LogP contribution is 2.49. The predicted octanol–water partition coefficient (Wildman–Crippen LogP) is 3.92. The number of rotatable bonds is 6. The number of allylic oxidation sites excluding steroid dienone is 3. The van der Waals surface area contributed by atoms with Gasteiger partial charge in [0.05, 0.1) is 25.3 Å². The van der Waals surface area contributed by atoms with Crippen molar-refractivity contribution in [2.45, 2.75) is 102 Å². The monoisotopic (exact) mass is 705 g/mol. The van der Waals surface area contributed by atoms with Crippen LogP contribution in [0.3, 0.4) is 0 Å². The van der Waals surface area contributed by atoms with Crippen molar-refractivity contribution in [3.8, 4) is 5.75 Å². The van der Waals surface area contributed by atoms with Gasteiger partial charge < -0.3 is 38.6 Å². The predicted molar refractivity (Wildman–Crippen MR) is 181 cm³/mol. The first-order valence-corrected chi connectivity index (χ1v) is 16.7. The third-order valence-corrected chi connectivity index (χ3v) is 10.2. The van der Waals surface area contributed by atoms with Crippen LogP contribution in [0.15, 0.2) is 35.9 Å². The minimum absolute atomic E-state index is 0.0431. The maximum atomic E-state index is 14.0. The van der Waals surface area contributed by atoms with Gasteiger partial charge in [0.15, 0.2) is 5.72 Å². The van der Waals surface area contributed by atoms with Crippen molar-refractivity contribution in [3.05, 3.63) is 46.5 Å². The number of anilines is 1. The molecule has 2 saturated heterocycles. The van der Waals surface area contributed by atoms with Crippen LogP contribution in [0.1, 0.15) is 59.4 Å². The molecule has 270 valence electrons. The van der Waals surface area contributed by atoms with Crippen LogP contribution in [0, 0.1) is 5.92 Å². The number of hydrogen-bond acceptors (Lipinski definition) is 10. The second kappa shape index (κ2) is 15.1. The van der Waals surface area contributed by atoms with Crippen molar-refractivity contribution in [3.63, 3.8) is 0 Å². The van der Waals surface area contributed by atoms with Gasteiger partial charge in [-0.1, -0.05) is 49.2 Å². The van der Waals surface area contributed by atoms with E-state index in [2.05, 4.69) is 5.32 Å². The van der Waals surface area contributed by atoms with Gasteiger partial charge in [-0.15, -0.1) is 0 Å². The van der Waals surface area contributed by atoms with E-state index in [4.69, 9.17) is 35.3 Å². The first-order chi connectivity index (χ1) is 23.0. The second-order valence-electron chi connectivity index (χ2n) is 13.3. The lowest BCUT2D eigenvalue weighted by Crippen LogP contribution is -2.63. The van der Waals surface area contributed by atoms with Gasteiger partial charge >= 0.3 is 12.1 Å². The Balaban J connectivity index is 1.79. The fraction of sp³-hybridized carbons (Fsp3) is 0.600. The minimum atomic E-state index is -1.82. The molecule has 0 aromatic heterocycles. The summed E-state index contributed by atoms with van der Waals surface area (Å²) in [5.74, 6) is -1.53. The number of halogens is 1. The first-order valence-electron chi connectivity index (χ1n) is 16.3. The lowest BCUT2D eigenvalue weighted by Gasteiger charge is -2.42. The highest BCUT2D eigenvalue weighted by Gasteiger charge is 2.64. The SMILES string of the molecule is CCC(=O)N(C)[C@@H](C)C(=O)OC1CC(=O)N(C)c2cc(cc(OC)c2Cl)C/C(C)=C\C=C/[C@@H](OC)[C@@]2(O)C[C@H](OC(=O)N2)[C@@H](C)[C@@H]2O[C@@]12C. The number of epoxide rings is 1. The number of fused-ring (bicyclic) bond motifs is 5. The number of alkyl carbamates (subject to hydrolysis) is 1. The number of ether oxygens (including phenoxy) is 5. The molecule has 2 N–H and O–H groups in total. The fourth-order valence-corrected chi connectivity index (χ4v) is 6.78. The fourth-order valence-electron chi connectivity index (χ4n) is 6.47. The highest BCUT2D eigenvalue weighted by molar-refractivity contribution is 6.35. The van der Waals surface area contributed by atoms with E-state index in [1.807, 2.05) is 13.0 Å². The average molecular weight is 706 g/mol. The molecule has 0 aliphatic carbocycles. The number of esters is 1. The molecular formula is C35H48ClN3O10. The third-order valence-electron chi connectivity index (χ3n) is 9.83. The van der Waals surface area contributed by atoms with E-state index in [0.29, 0.717) is 17.9 Å². The Morgan fingerprint density at radius 1 is 1.27 bits per heavy atom. The third kappa shape index (κ3) is 8.06. The Morgan fingerprint density at radius 3 is 2.59 bits per heavy atom. The molecule has 0 saturated carbocycles. The molecule has 4 bridgehead atoms. The summed E-state index contributed by atoms with van der Waals surface area (Å²) < 4.78 is 29.0. The quantitative estimate of drug-likeness (QED) is 0.329. The van der Waals surface area contributed by atoms with Crippen molar-refractivity contribution >= 4 is 41.2 Å². The number of carbonyl (C=O) groups is 4. The second-order valence-corrected chi connectivity index (χ2v) is 13.6. The molecule has 1 aromatic carbocycles. The standard InChI is InChI=1S/C35H48ClN3O10/c1-10-28(40)38(6)21(4)32(42)48-27-17-29(41)39(7)23-15-22(16-24(45-8)30(23)36)14-19(2)12-11-13-26(46-9)35(44)18-25(47-33(43)37-35)20(3)31-34(27,5)49-31/h11-13,15-16,20-21,25-27,31,44H,10,14,17-18H2,1-9H3,(H,37,43)/b13-11-,19-12-/t20-,21+,25+,26-,27?,31+,34+,35+/m1/s1. The zero-order valence-corrected chi connectivity index (χ0v) is 30.3. The van der Waals surface area contributed by atoms with E-state index < -0.39 is 65.7 Å². The summed E-state index contributed by atoms with van der Waals surface area (Å²) in [5, 5.41) is 14.4. The maximum Gasteiger partial charge on any atom is 0.409 e. The number of aliphatic hydroxyl groups is 1. The smallest absolute Gasteiger partial charge is 0.409 e. The van der Waals surface area contributed by atoms with Crippen LogP contribution in [0.5, 0.6) is 5.75 Å². The van der Waals surface area contributed by atoms with Gasteiger partial charge in [0, 0.05) is 40.0 Å². The van der Waals surface area contributed by atoms with E-state index >= 15 is 0 Å². The molecule has 1 unspecified atom stereocenters. The molecule has 0 spiro atoms. The van der Waals surface area contributed by atoms with Crippen molar-refractivity contribution in [1.29, 1.82) is 0 Å². The number of amides is 3. The molecule has 0 radical (unpaired) electrons. The van der Waals surface area contributed by atoms with Crippen molar-refractivity contribution in [2.75, 3.05) is 33.2 Å². The molecule has 3 heterocycles. The highest BCUT2D eigenvalue weighted by atomic mass is 35.5. The Morgan fingerprint density at radius 2 is 1.96 bits per heavy atom. The van der Waals surface area contributed by atoms with Gasteiger partial charge in [0.25, 0.3) is 0 Å². The number of benzene rings is 1. The average Bonchev–Trinajstić information content (AvgIpc) is 3.76. The Kier molecular flexibility index (Phi) is 11.7. The summed E-state index contributed by atoms with van der Waals surface area (Å²) in [6.07, 6.45) is 1.22. The molecular weight excluding hydrogens is 658 g/mol. The van der Waals surface area contributed by atoms with Crippen LogP contribution in [0.2, 0.25) is 5.02 Å². The van der Waals surface area contributed by atoms with Crippen LogP contribution < -0.4 is 15.0 Å². The van der Waals surface area contributed by atoms with Crippen molar-refractivity contribution in [1.82, 2.24) is 10.2 Å². The van der Waals surface area contributed by atoms with Gasteiger partial charge in [0.1, 0.15) is 40.7 Å². The first kappa shape index (κ1) is 38.2. The summed E-state index contributed by atoms with van der Waals surface area (Å²) in [4.78, 5) is 55.3. The van der Waals surface area contributed by atoms with E-state index in [9.17, 15) is 24.3 Å². The van der Waals surface area contributed by atoms with Gasteiger partial charge in [-0.2, -0.15) is 0 Å². The van der Waals surface area contributed by atoms with Crippen LogP contribution in [0.25, 0.3) is 0 Å². The van der Waals surface area contributed by atoms with E-state index in [0.717, 1.165) is 11.1 Å². The Hall–Kier alpha value is -3.65. The van der Waals surface area contributed by atoms with E-state index in [1.54, 1.807) is 59.0 Å². The molecule has 13 nitrogen and oxygen atoms in total. The van der Waals surface area contributed by atoms with Crippen LogP contribution in [-0.4, -0.2) is 104 Å². The van der Waals surface area contributed by atoms with E-state index in [-0.39, 0.29) is 30.2 Å². The summed E-state index contributed by atoms with van der Waals surface area (Å²) in [6, 6.07) is 2.64. The number of hydrogen-bond donors (Lipinski definition) is 2. The normalized spacial score (nSPS) is 32.8. The van der Waals surface area contributed by atoms with E-state index in [1.165, 1.54) is 31.1 Å². The Labute approximate surface area is 292 Å². The molecule has 1 aromatic rings. The van der Waals surface area contributed by atoms with Gasteiger partial charge in [0.2, 0.25) is 11.8 Å². The summed E-state index contributed by atoms with van der Waals surface area (Å²) in [7, 11) is 6.01. The van der Waals surface area contributed by atoms with Crippen LogP contribution in [-0.2, 0) is 39.8 Å². The van der Waals surface area contributed by atoms with Crippen LogP contribution in [0.4, 0.5) is 10.5 Å². The Bertz CT molecular complexity index is 1520. The number of likely N-dealkylation sites (N-methyl/N-ethyl adjacent to an activating group) is 1. The van der Waals surface area contributed by atoms with Crippen molar-refractivity contribution in [2.24, 2.45) is 5.92 Å². The zero-order chi connectivity index (χ0) is 36.4. The number of nitrogens with zero attached hydrogens (tertiary/aromatic N) is 2. The van der Waals surface area contributed by atoms with Crippen LogP contribution >= 0.6 is 11.6 Å². The largest absolute Gasteiger partial charge is 0.495 e. The molecule has 49 heavy (non-hydrogen) atoms. The molecule has 3 amide bonds. The lowest BCUT2D eigenvalue weighted by molar-refractivity contribution is -0.162.